The number of amides is 1. The Morgan fingerprint density at radius 2 is 2.18 bits per heavy atom. The van der Waals surface area contributed by atoms with Crippen molar-refractivity contribution in [3.63, 3.8) is 0 Å². The van der Waals surface area contributed by atoms with Crippen molar-refractivity contribution in [3.8, 4) is 0 Å². The third-order valence-corrected chi connectivity index (χ3v) is 3.65. The molecule has 0 aromatic carbocycles. The van der Waals surface area contributed by atoms with Gasteiger partial charge in [-0.05, 0) is 45.4 Å². The molecule has 0 spiro atoms. The Balaban J connectivity index is 1.91. The number of ether oxygens (including phenoxy) is 1. The molecular weight excluding hydrogens is 304 g/mol. The first kappa shape index (κ1) is 17.0. The Morgan fingerprint density at radius 1 is 1.45 bits per heavy atom. The minimum Gasteiger partial charge on any atom is -0.444 e. The smallest absolute Gasteiger partial charge is 0.410 e. The van der Waals surface area contributed by atoms with E-state index in [2.05, 4.69) is 21.8 Å². The highest BCUT2D eigenvalue weighted by molar-refractivity contribution is 6.28. The fourth-order valence-electron chi connectivity index (χ4n) is 2.39. The van der Waals surface area contributed by atoms with E-state index in [0.717, 1.165) is 12.2 Å². The molecule has 1 aliphatic heterocycles. The van der Waals surface area contributed by atoms with Crippen LogP contribution >= 0.6 is 11.6 Å². The van der Waals surface area contributed by atoms with Crippen molar-refractivity contribution in [1.82, 2.24) is 19.8 Å². The van der Waals surface area contributed by atoms with Crippen LogP contribution in [-0.4, -0.2) is 57.1 Å². The molecule has 0 saturated carbocycles. The molecule has 0 aliphatic carbocycles. The second-order valence-electron chi connectivity index (χ2n) is 6.56. The topological polar surface area (TPSA) is 58.6 Å². The highest BCUT2D eigenvalue weighted by Gasteiger charge is 2.29. The van der Waals surface area contributed by atoms with Crippen LogP contribution in [0.5, 0.6) is 0 Å². The molecule has 6 nitrogen and oxygen atoms in total. The van der Waals surface area contributed by atoms with Gasteiger partial charge in [-0.2, -0.15) is 0 Å². The Morgan fingerprint density at radius 3 is 2.77 bits per heavy atom. The summed E-state index contributed by atoms with van der Waals surface area (Å²) in [6.45, 7) is 10.5. The van der Waals surface area contributed by atoms with Gasteiger partial charge in [0.15, 0.2) is 0 Å². The number of piperazine rings is 1. The van der Waals surface area contributed by atoms with E-state index in [1.54, 1.807) is 11.1 Å². The maximum Gasteiger partial charge on any atom is 0.410 e. The molecule has 2 rings (SSSR count). The number of nitrogens with zero attached hydrogens (tertiary/aromatic N) is 4. The van der Waals surface area contributed by atoms with Gasteiger partial charge >= 0.3 is 6.09 Å². The summed E-state index contributed by atoms with van der Waals surface area (Å²) in [6.07, 6.45) is 1.41. The monoisotopic (exact) mass is 326 g/mol. The lowest BCUT2D eigenvalue weighted by molar-refractivity contribution is 0.00445. The number of rotatable bonds is 2. The zero-order valence-electron chi connectivity index (χ0n) is 13.5. The second-order valence-corrected chi connectivity index (χ2v) is 6.90. The van der Waals surface area contributed by atoms with Crippen molar-refractivity contribution in [2.24, 2.45) is 0 Å². The molecule has 2 heterocycles. The zero-order chi connectivity index (χ0) is 16.3. The van der Waals surface area contributed by atoms with E-state index in [4.69, 9.17) is 16.3 Å². The minimum atomic E-state index is -0.463. The number of aromatic nitrogens is 2. The SMILES string of the molecule is C[C@@H]1CN(C(=O)OC(C)(C)C)CCN1Cc1ccnc(Cl)n1. The van der Waals surface area contributed by atoms with E-state index in [0.29, 0.717) is 19.6 Å². The van der Waals surface area contributed by atoms with Crippen molar-refractivity contribution in [2.45, 2.75) is 45.9 Å². The lowest BCUT2D eigenvalue weighted by Crippen LogP contribution is -2.54. The summed E-state index contributed by atoms with van der Waals surface area (Å²) in [5.74, 6) is 0. The molecule has 1 aliphatic rings. The van der Waals surface area contributed by atoms with E-state index in [1.807, 2.05) is 26.8 Å². The highest BCUT2D eigenvalue weighted by Crippen LogP contribution is 2.16. The summed E-state index contributed by atoms with van der Waals surface area (Å²) in [7, 11) is 0. The summed E-state index contributed by atoms with van der Waals surface area (Å²) in [5.41, 5.74) is 0.424. The third kappa shape index (κ3) is 4.81. The maximum atomic E-state index is 12.1. The van der Waals surface area contributed by atoms with E-state index >= 15 is 0 Å². The van der Waals surface area contributed by atoms with Crippen LogP contribution in [0, 0.1) is 0 Å². The van der Waals surface area contributed by atoms with Crippen LogP contribution in [0.4, 0.5) is 4.79 Å². The van der Waals surface area contributed by atoms with Crippen LogP contribution in [0.15, 0.2) is 12.3 Å². The molecule has 7 heteroatoms. The molecule has 0 unspecified atom stereocenters. The minimum absolute atomic E-state index is 0.231. The van der Waals surface area contributed by atoms with Gasteiger partial charge in [0.2, 0.25) is 5.28 Å². The Hall–Kier alpha value is -1.40. The normalized spacial score (nSPS) is 20.0. The highest BCUT2D eigenvalue weighted by atomic mass is 35.5. The molecule has 1 fully saturated rings. The maximum absolute atomic E-state index is 12.1. The van der Waals surface area contributed by atoms with Gasteiger partial charge in [0, 0.05) is 38.4 Å². The number of halogens is 1. The van der Waals surface area contributed by atoms with Gasteiger partial charge in [0.05, 0.1) is 5.69 Å². The van der Waals surface area contributed by atoms with Crippen molar-refractivity contribution >= 4 is 17.7 Å². The van der Waals surface area contributed by atoms with Crippen molar-refractivity contribution in [3.05, 3.63) is 23.2 Å². The summed E-state index contributed by atoms with van der Waals surface area (Å²) < 4.78 is 5.43. The van der Waals surface area contributed by atoms with Gasteiger partial charge in [-0.1, -0.05) is 0 Å². The number of carbonyl (C=O) groups is 1. The Labute approximate surface area is 136 Å². The van der Waals surface area contributed by atoms with E-state index in [-0.39, 0.29) is 17.4 Å². The quantitative estimate of drug-likeness (QED) is 0.782. The Kier molecular flexibility index (Phi) is 5.24. The fraction of sp³-hybridized carbons (Fsp3) is 0.667. The largest absolute Gasteiger partial charge is 0.444 e. The van der Waals surface area contributed by atoms with Gasteiger partial charge in [0.25, 0.3) is 0 Å². The number of hydrogen-bond acceptors (Lipinski definition) is 5. The average molecular weight is 327 g/mol. The van der Waals surface area contributed by atoms with Gasteiger partial charge in [-0.3, -0.25) is 4.90 Å². The molecule has 0 N–H and O–H groups in total. The standard InChI is InChI=1S/C15H23ClN4O2/c1-11-9-20(14(21)22-15(2,3)4)8-7-19(11)10-12-5-6-17-13(16)18-12/h5-6,11H,7-10H2,1-4H3/t11-/m1/s1. The van der Waals surface area contributed by atoms with Crippen LogP contribution < -0.4 is 0 Å². The van der Waals surface area contributed by atoms with Crippen LogP contribution in [0.2, 0.25) is 5.28 Å². The van der Waals surface area contributed by atoms with Crippen molar-refractivity contribution < 1.29 is 9.53 Å². The zero-order valence-corrected chi connectivity index (χ0v) is 14.3. The molecule has 1 amide bonds. The van der Waals surface area contributed by atoms with Gasteiger partial charge in [-0.15, -0.1) is 0 Å². The summed E-state index contributed by atoms with van der Waals surface area (Å²) >= 11 is 5.81. The molecule has 1 saturated heterocycles. The molecule has 1 atom stereocenters. The van der Waals surface area contributed by atoms with Gasteiger partial charge in [-0.25, -0.2) is 14.8 Å². The molecule has 1 aromatic rings. The molecule has 122 valence electrons. The molecule has 22 heavy (non-hydrogen) atoms. The first-order chi connectivity index (χ1) is 10.2. The van der Waals surface area contributed by atoms with Gasteiger partial charge in [0.1, 0.15) is 5.60 Å². The van der Waals surface area contributed by atoms with Crippen LogP contribution in [0.25, 0.3) is 0 Å². The first-order valence-electron chi connectivity index (χ1n) is 7.44. The van der Waals surface area contributed by atoms with Crippen LogP contribution in [0.1, 0.15) is 33.4 Å². The average Bonchev–Trinajstić information content (AvgIpc) is 2.39. The molecule has 0 bridgehead atoms. The molecule has 0 radical (unpaired) electrons. The van der Waals surface area contributed by atoms with E-state index in [1.165, 1.54) is 0 Å². The molecule has 1 aromatic heterocycles. The van der Waals surface area contributed by atoms with E-state index in [9.17, 15) is 4.79 Å². The van der Waals surface area contributed by atoms with Crippen molar-refractivity contribution in [1.29, 1.82) is 0 Å². The number of carbonyl (C=O) groups excluding carboxylic acids is 1. The molecular formula is C15H23ClN4O2. The lowest BCUT2D eigenvalue weighted by Gasteiger charge is -2.40. The first-order valence-corrected chi connectivity index (χ1v) is 7.82. The predicted octanol–water partition coefficient (Wildman–Crippen LogP) is 2.57. The van der Waals surface area contributed by atoms with E-state index < -0.39 is 5.60 Å². The fourth-order valence-corrected chi connectivity index (χ4v) is 2.55. The van der Waals surface area contributed by atoms with Crippen molar-refractivity contribution in [2.75, 3.05) is 19.6 Å². The third-order valence-electron chi connectivity index (χ3n) is 3.47. The van der Waals surface area contributed by atoms with Crippen LogP contribution in [-0.2, 0) is 11.3 Å². The summed E-state index contributed by atoms with van der Waals surface area (Å²) in [4.78, 5) is 24.3. The number of hydrogen-bond donors (Lipinski definition) is 0. The predicted molar refractivity (Wildman–Crippen MR) is 84.7 cm³/mol. The summed E-state index contributed by atoms with van der Waals surface area (Å²) in [6, 6.07) is 2.09. The van der Waals surface area contributed by atoms with Gasteiger partial charge < -0.3 is 9.64 Å². The lowest BCUT2D eigenvalue weighted by atomic mass is 10.2. The Bertz CT molecular complexity index is 533. The summed E-state index contributed by atoms with van der Waals surface area (Å²) in [5, 5.41) is 0.262. The second kappa shape index (κ2) is 6.79. The van der Waals surface area contributed by atoms with Crippen LogP contribution in [0.3, 0.4) is 0 Å².